The van der Waals surface area contributed by atoms with Crippen LogP contribution in [0.5, 0.6) is 0 Å². The number of esters is 2. The zero-order chi connectivity index (χ0) is 25.6. The highest BCUT2D eigenvalue weighted by Gasteiger charge is 2.63. The number of carbonyl (C=O) groups is 2. The maximum atomic E-state index is 13.6. The van der Waals surface area contributed by atoms with E-state index in [4.69, 9.17) is 21.1 Å². The number of halogens is 1. The predicted molar refractivity (Wildman–Crippen MR) is 140 cm³/mol. The Morgan fingerprint density at radius 1 is 1.00 bits per heavy atom. The number of hydrogen-bond donors (Lipinski definition) is 0. The lowest BCUT2D eigenvalue weighted by Gasteiger charge is -2.58. The number of carbonyl (C=O) groups excluding carboxylic acids is 2. The Morgan fingerprint density at radius 2 is 1.78 bits per heavy atom. The number of allylic oxidation sites excluding steroid dienone is 2. The molecule has 5 heteroatoms. The molecular weight excluding hydrogens is 472 g/mol. The van der Waals surface area contributed by atoms with Crippen molar-refractivity contribution in [3.63, 3.8) is 0 Å². The number of ether oxygens (including phenoxy) is 2. The summed E-state index contributed by atoms with van der Waals surface area (Å²) in [5.74, 6) is 2.13. The smallest absolute Gasteiger partial charge is 0.311 e. The van der Waals surface area contributed by atoms with Crippen LogP contribution in [0.25, 0.3) is 0 Å². The molecule has 0 heterocycles. The number of hydrogen-bond acceptors (Lipinski definition) is 4. The van der Waals surface area contributed by atoms with Crippen molar-refractivity contribution in [3.8, 4) is 0 Å². The molecule has 0 spiro atoms. The van der Waals surface area contributed by atoms with Gasteiger partial charge in [0.2, 0.25) is 0 Å². The van der Waals surface area contributed by atoms with Crippen LogP contribution in [0.15, 0.2) is 23.3 Å². The van der Waals surface area contributed by atoms with Gasteiger partial charge in [0.1, 0.15) is 12.2 Å². The third-order valence-corrected chi connectivity index (χ3v) is 12.8. The Bertz CT molecular complexity index is 1030. The van der Waals surface area contributed by atoms with Crippen LogP contribution >= 0.6 is 11.6 Å². The highest BCUT2D eigenvalue weighted by Crippen LogP contribution is 2.66. The molecule has 4 saturated carbocycles. The van der Waals surface area contributed by atoms with Gasteiger partial charge in [-0.25, -0.2) is 0 Å². The van der Waals surface area contributed by atoms with Gasteiger partial charge in [0.05, 0.1) is 10.8 Å². The third-order valence-electron chi connectivity index (χ3n) is 12.0. The van der Waals surface area contributed by atoms with Crippen LogP contribution in [0.3, 0.4) is 0 Å². The van der Waals surface area contributed by atoms with E-state index in [0.717, 1.165) is 57.8 Å². The monoisotopic (exact) mass is 514 g/mol. The molecular formula is C31H43ClO4. The average Bonchev–Trinajstić information content (AvgIpc) is 3.15. The minimum Gasteiger partial charge on any atom is -0.462 e. The first kappa shape index (κ1) is 25.0. The van der Waals surface area contributed by atoms with E-state index < -0.39 is 4.87 Å². The highest BCUT2D eigenvalue weighted by molar-refractivity contribution is 6.26. The van der Waals surface area contributed by atoms with Crippen molar-refractivity contribution in [2.24, 2.45) is 46.3 Å². The lowest BCUT2D eigenvalue weighted by molar-refractivity contribution is -0.167. The van der Waals surface area contributed by atoms with Crippen LogP contribution in [0, 0.1) is 46.3 Å². The summed E-state index contributed by atoms with van der Waals surface area (Å²) in [5, 5.41) is 0. The van der Waals surface area contributed by atoms with Crippen LogP contribution < -0.4 is 0 Å². The van der Waals surface area contributed by atoms with Crippen molar-refractivity contribution >= 4 is 23.5 Å². The second kappa shape index (κ2) is 8.35. The standard InChI is InChI=1S/C31H43ClO4/c1-17-14-27(26-16-25(17)29(26,3)4)36-28(34)24-9-8-23-21-7-6-19-15-20(35-18(2)33)10-12-30(19,5)22(21)11-13-31(23,24)32/h6,14,20-27H,7-13,15-16H2,1-5H3/t20?,21-,22+,23+,24-,25-,26+,27-,30+,31-/m1/s1. The largest absolute Gasteiger partial charge is 0.462 e. The summed E-state index contributed by atoms with van der Waals surface area (Å²) >= 11 is 7.51. The molecule has 0 amide bonds. The summed E-state index contributed by atoms with van der Waals surface area (Å²) in [5.41, 5.74) is 3.24. The van der Waals surface area contributed by atoms with Crippen molar-refractivity contribution in [2.75, 3.05) is 0 Å². The summed E-state index contributed by atoms with van der Waals surface area (Å²) < 4.78 is 11.9. The number of rotatable bonds is 3. The van der Waals surface area contributed by atoms with Gasteiger partial charge in [0.25, 0.3) is 0 Å². The van der Waals surface area contributed by atoms with Crippen molar-refractivity contribution in [1.29, 1.82) is 0 Å². The maximum absolute atomic E-state index is 13.6. The fourth-order valence-corrected chi connectivity index (χ4v) is 10.6. The predicted octanol–water partition coefficient (Wildman–Crippen LogP) is 7.00. The van der Waals surface area contributed by atoms with E-state index in [1.165, 1.54) is 18.1 Å². The van der Waals surface area contributed by atoms with Crippen LogP contribution in [0.1, 0.15) is 92.4 Å². The minimum atomic E-state index is -0.472. The van der Waals surface area contributed by atoms with Gasteiger partial charge in [-0.15, -0.1) is 11.6 Å². The molecule has 0 aromatic rings. The minimum absolute atomic E-state index is 0.0214. The molecule has 0 saturated heterocycles. The molecule has 0 radical (unpaired) electrons. The Hall–Kier alpha value is -1.29. The molecule has 4 nitrogen and oxygen atoms in total. The molecule has 0 N–H and O–H groups in total. The van der Waals surface area contributed by atoms with Crippen LogP contribution in [-0.2, 0) is 19.1 Å². The summed E-state index contributed by atoms with van der Waals surface area (Å²) in [4.78, 5) is 24.7. The normalized spacial score (nSPS) is 48.3. The zero-order valence-corrected chi connectivity index (χ0v) is 23.4. The Morgan fingerprint density at radius 3 is 2.47 bits per heavy atom. The zero-order valence-electron chi connectivity index (χ0n) is 22.6. The van der Waals surface area contributed by atoms with Gasteiger partial charge in [0.15, 0.2) is 0 Å². The molecule has 2 bridgehead atoms. The molecule has 10 atom stereocenters. The molecule has 0 aromatic carbocycles. The van der Waals surface area contributed by atoms with E-state index in [2.05, 4.69) is 39.8 Å². The first-order chi connectivity index (χ1) is 16.9. The molecule has 36 heavy (non-hydrogen) atoms. The first-order valence-corrected chi connectivity index (χ1v) is 14.8. The molecule has 4 fully saturated rings. The van der Waals surface area contributed by atoms with Crippen LogP contribution in [0.2, 0.25) is 0 Å². The van der Waals surface area contributed by atoms with Crippen molar-refractivity contribution in [3.05, 3.63) is 23.3 Å². The van der Waals surface area contributed by atoms with Crippen molar-refractivity contribution < 1.29 is 19.1 Å². The van der Waals surface area contributed by atoms with E-state index in [1.807, 2.05) is 0 Å². The van der Waals surface area contributed by atoms with E-state index in [0.29, 0.717) is 29.6 Å². The molecule has 7 rings (SSSR count). The van der Waals surface area contributed by atoms with E-state index in [-0.39, 0.29) is 40.9 Å². The van der Waals surface area contributed by atoms with Crippen molar-refractivity contribution in [1.82, 2.24) is 0 Å². The first-order valence-electron chi connectivity index (χ1n) is 14.4. The molecule has 7 aliphatic carbocycles. The SMILES string of the molecule is CC(=O)OC1CC[C@@]2(C)C(=CC[C@H]3[C@@H]4CC[C@H](C(=O)O[C@@H]5C=C(C)[C@H]6C[C@@H]5C6(C)C)[C@@]4(Cl)CC[C@@H]32)C1. The average molecular weight is 515 g/mol. The molecule has 7 aliphatic rings. The van der Waals surface area contributed by atoms with Gasteiger partial charge in [-0.3, -0.25) is 9.59 Å². The Balaban J connectivity index is 1.18. The van der Waals surface area contributed by atoms with Crippen LogP contribution in [0.4, 0.5) is 0 Å². The quantitative estimate of drug-likeness (QED) is 0.231. The highest BCUT2D eigenvalue weighted by atomic mass is 35.5. The lowest BCUT2D eigenvalue weighted by atomic mass is 9.48. The summed E-state index contributed by atoms with van der Waals surface area (Å²) in [7, 11) is 0. The molecule has 0 aromatic heterocycles. The molecule has 0 aliphatic heterocycles. The third kappa shape index (κ3) is 3.52. The maximum Gasteiger partial charge on any atom is 0.311 e. The summed E-state index contributed by atoms with van der Waals surface area (Å²) in [6, 6.07) is 0. The van der Waals surface area contributed by atoms with Gasteiger partial charge in [-0.05, 0) is 98.9 Å². The van der Waals surface area contributed by atoms with E-state index >= 15 is 0 Å². The Kier molecular flexibility index (Phi) is 5.80. The van der Waals surface area contributed by atoms with Gasteiger partial charge in [-0.2, -0.15) is 0 Å². The number of fused-ring (bicyclic) bond motifs is 6. The molecule has 198 valence electrons. The Labute approximate surface area is 221 Å². The fraction of sp³-hybridized carbons (Fsp3) is 0.806. The number of alkyl halides is 1. The second-order valence-electron chi connectivity index (χ2n) is 13.9. The van der Waals surface area contributed by atoms with Gasteiger partial charge in [-0.1, -0.05) is 38.0 Å². The topological polar surface area (TPSA) is 52.6 Å². The van der Waals surface area contributed by atoms with Gasteiger partial charge < -0.3 is 9.47 Å². The fourth-order valence-electron chi connectivity index (χ4n) is 9.99. The summed E-state index contributed by atoms with van der Waals surface area (Å²) in [6.07, 6.45) is 13.5. The second-order valence-corrected chi connectivity index (χ2v) is 14.6. The van der Waals surface area contributed by atoms with E-state index in [1.54, 1.807) is 0 Å². The van der Waals surface area contributed by atoms with Crippen LogP contribution in [-0.4, -0.2) is 29.0 Å². The van der Waals surface area contributed by atoms with Crippen molar-refractivity contribution in [2.45, 2.75) is 109 Å². The lowest BCUT2D eigenvalue weighted by Crippen LogP contribution is -2.56. The molecule has 1 unspecified atom stereocenters. The summed E-state index contributed by atoms with van der Waals surface area (Å²) in [6.45, 7) is 10.8. The van der Waals surface area contributed by atoms with Gasteiger partial charge in [0, 0.05) is 19.3 Å². The van der Waals surface area contributed by atoms with E-state index in [9.17, 15) is 9.59 Å². The van der Waals surface area contributed by atoms with Gasteiger partial charge >= 0.3 is 11.9 Å².